The van der Waals surface area contributed by atoms with Gasteiger partial charge in [-0.25, -0.2) is 13.2 Å². The lowest BCUT2D eigenvalue weighted by atomic mass is 10.1. The molecule has 3 aromatic rings. The summed E-state index contributed by atoms with van der Waals surface area (Å²) in [6.45, 7) is 1.51. The van der Waals surface area contributed by atoms with Gasteiger partial charge in [-0.2, -0.15) is 0 Å². The molecule has 0 atom stereocenters. The molecule has 0 spiro atoms. The van der Waals surface area contributed by atoms with Crippen molar-refractivity contribution in [1.82, 2.24) is 0 Å². The molecule has 0 heterocycles. The second kappa shape index (κ2) is 10.8. The third-order valence-corrected chi connectivity index (χ3v) is 6.97. The van der Waals surface area contributed by atoms with Crippen molar-refractivity contribution in [2.45, 2.75) is 18.2 Å². The number of benzene rings is 3. The molecule has 178 valence electrons. The van der Waals surface area contributed by atoms with E-state index in [0.717, 1.165) is 16.3 Å². The van der Waals surface area contributed by atoms with Crippen molar-refractivity contribution in [2.24, 2.45) is 0 Å². The van der Waals surface area contributed by atoms with Crippen LogP contribution in [0.5, 0.6) is 5.75 Å². The van der Waals surface area contributed by atoms with Gasteiger partial charge in [0, 0.05) is 12.7 Å². The average Bonchev–Trinajstić information content (AvgIpc) is 2.87. The Labute approximate surface area is 199 Å². The predicted octanol–water partition coefficient (Wildman–Crippen LogP) is 3.88. The molecule has 9 heteroatoms. The number of ether oxygens (including phenoxy) is 2. The number of rotatable bonds is 9. The van der Waals surface area contributed by atoms with Crippen molar-refractivity contribution >= 4 is 33.3 Å². The fourth-order valence-electron chi connectivity index (χ4n) is 3.29. The number of aryl methyl sites for hydroxylation is 1. The number of amides is 1. The topological polar surface area (TPSA) is 102 Å². The highest BCUT2D eigenvalue weighted by atomic mass is 32.2. The number of esters is 1. The number of hydrogen-bond donors (Lipinski definition) is 1. The maximum absolute atomic E-state index is 13.0. The summed E-state index contributed by atoms with van der Waals surface area (Å²) in [5, 5.41) is 2.72. The Morgan fingerprint density at radius 1 is 0.941 bits per heavy atom. The van der Waals surface area contributed by atoms with Crippen LogP contribution in [0.3, 0.4) is 0 Å². The summed E-state index contributed by atoms with van der Waals surface area (Å²) >= 11 is 0. The molecule has 1 N–H and O–H groups in total. The standard InChI is InChI=1S/C25H26N2O6S/c1-4-18-9-5-6-10-21(18)26-24(28)17-33-25(29)19-13-15-20(16-14-19)34(30,31)27(2)22-11-7-8-12-23(22)32-3/h5-16H,4,17H2,1-3H3,(H,26,28). The van der Waals surface area contributed by atoms with Crippen molar-refractivity contribution < 1.29 is 27.5 Å². The quantitative estimate of drug-likeness (QED) is 0.465. The molecule has 0 saturated carbocycles. The molecule has 0 unspecified atom stereocenters. The number of methoxy groups -OCH3 is 1. The smallest absolute Gasteiger partial charge is 0.338 e. The van der Waals surface area contributed by atoms with Gasteiger partial charge in [-0.15, -0.1) is 0 Å². The Balaban J connectivity index is 1.65. The lowest BCUT2D eigenvalue weighted by Gasteiger charge is -2.21. The van der Waals surface area contributed by atoms with Gasteiger partial charge >= 0.3 is 5.97 Å². The van der Waals surface area contributed by atoms with Crippen LogP contribution >= 0.6 is 0 Å². The first kappa shape index (κ1) is 24.8. The van der Waals surface area contributed by atoms with Gasteiger partial charge in [0.25, 0.3) is 15.9 Å². The predicted molar refractivity (Wildman–Crippen MR) is 130 cm³/mol. The van der Waals surface area contributed by atoms with E-state index in [1.165, 1.54) is 38.4 Å². The summed E-state index contributed by atoms with van der Waals surface area (Å²) in [6.07, 6.45) is 0.748. The maximum atomic E-state index is 13.0. The minimum absolute atomic E-state index is 0.00799. The Morgan fingerprint density at radius 2 is 1.59 bits per heavy atom. The van der Waals surface area contributed by atoms with Gasteiger partial charge in [-0.05, 0) is 54.4 Å². The number of nitrogens with one attached hydrogen (secondary N) is 1. The largest absolute Gasteiger partial charge is 0.495 e. The Kier molecular flexibility index (Phi) is 7.91. The molecule has 0 aliphatic heterocycles. The zero-order chi connectivity index (χ0) is 24.7. The van der Waals surface area contributed by atoms with Gasteiger partial charge in [-0.1, -0.05) is 37.3 Å². The van der Waals surface area contributed by atoms with Gasteiger partial charge < -0.3 is 14.8 Å². The van der Waals surface area contributed by atoms with Crippen LogP contribution < -0.4 is 14.4 Å². The fourth-order valence-corrected chi connectivity index (χ4v) is 4.50. The molecule has 3 aromatic carbocycles. The van der Waals surface area contributed by atoms with E-state index >= 15 is 0 Å². The lowest BCUT2D eigenvalue weighted by Crippen LogP contribution is -2.27. The van der Waals surface area contributed by atoms with Crippen LogP contribution in [-0.4, -0.2) is 41.1 Å². The summed E-state index contributed by atoms with van der Waals surface area (Å²) in [7, 11) is -1.01. The van der Waals surface area contributed by atoms with Crippen molar-refractivity contribution in [2.75, 3.05) is 30.4 Å². The van der Waals surface area contributed by atoms with Gasteiger partial charge in [0.2, 0.25) is 0 Å². The zero-order valence-electron chi connectivity index (χ0n) is 19.1. The van der Waals surface area contributed by atoms with E-state index in [0.29, 0.717) is 17.1 Å². The first-order valence-electron chi connectivity index (χ1n) is 10.5. The van der Waals surface area contributed by atoms with Crippen LogP contribution in [0.25, 0.3) is 0 Å². The van der Waals surface area contributed by atoms with Crippen LogP contribution in [-0.2, 0) is 26.0 Å². The first-order chi connectivity index (χ1) is 16.3. The summed E-state index contributed by atoms with van der Waals surface area (Å²) < 4.78 is 37.5. The van der Waals surface area contributed by atoms with E-state index in [1.807, 2.05) is 25.1 Å². The van der Waals surface area contributed by atoms with Crippen molar-refractivity contribution in [3.8, 4) is 5.75 Å². The molecular formula is C25H26N2O6S. The lowest BCUT2D eigenvalue weighted by molar-refractivity contribution is -0.119. The van der Waals surface area contributed by atoms with Gasteiger partial charge in [0.15, 0.2) is 6.61 Å². The summed E-state index contributed by atoms with van der Waals surface area (Å²) in [5.74, 6) is -0.790. The first-order valence-corrected chi connectivity index (χ1v) is 12.0. The molecular weight excluding hydrogens is 456 g/mol. The molecule has 8 nitrogen and oxygen atoms in total. The fraction of sp³-hybridized carbons (Fsp3) is 0.200. The number of carbonyl (C=O) groups is 2. The number of anilines is 2. The van der Waals surface area contributed by atoms with Crippen LogP contribution in [0.4, 0.5) is 11.4 Å². The molecule has 0 radical (unpaired) electrons. The Bertz CT molecular complexity index is 1270. The third-order valence-electron chi connectivity index (χ3n) is 5.18. The van der Waals surface area contributed by atoms with E-state index in [1.54, 1.807) is 30.3 Å². The zero-order valence-corrected chi connectivity index (χ0v) is 20.0. The van der Waals surface area contributed by atoms with Gasteiger partial charge in [0.1, 0.15) is 5.75 Å². The summed E-state index contributed by atoms with van der Waals surface area (Å²) in [4.78, 5) is 24.5. The van der Waals surface area contributed by atoms with Crippen LogP contribution in [0.2, 0.25) is 0 Å². The van der Waals surface area contributed by atoms with E-state index in [2.05, 4.69) is 5.32 Å². The SMILES string of the molecule is CCc1ccccc1NC(=O)COC(=O)c1ccc(S(=O)(=O)N(C)c2ccccc2OC)cc1. The molecule has 0 aliphatic carbocycles. The molecule has 0 aliphatic rings. The molecule has 3 rings (SSSR count). The molecule has 0 aromatic heterocycles. The third kappa shape index (κ3) is 5.55. The van der Waals surface area contributed by atoms with Gasteiger partial charge in [-0.3, -0.25) is 9.10 Å². The Hall–Kier alpha value is -3.85. The highest BCUT2D eigenvalue weighted by Gasteiger charge is 2.24. The summed E-state index contributed by atoms with van der Waals surface area (Å²) in [5.41, 5.74) is 2.14. The molecule has 0 saturated heterocycles. The second-order valence-corrected chi connectivity index (χ2v) is 9.27. The highest BCUT2D eigenvalue weighted by molar-refractivity contribution is 7.92. The van der Waals surface area contributed by atoms with E-state index in [-0.39, 0.29) is 10.5 Å². The molecule has 1 amide bonds. The number of para-hydroxylation sites is 3. The molecule has 34 heavy (non-hydrogen) atoms. The number of hydrogen-bond acceptors (Lipinski definition) is 6. The van der Waals surface area contributed by atoms with Crippen molar-refractivity contribution in [3.05, 3.63) is 83.9 Å². The maximum Gasteiger partial charge on any atom is 0.338 e. The minimum Gasteiger partial charge on any atom is -0.495 e. The Morgan fingerprint density at radius 3 is 2.26 bits per heavy atom. The van der Waals surface area contributed by atoms with Crippen LogP contribution in [0.1, 0.15) is 22.8 Å². The second-order valence-electron chi connectivity index (χ2n) is 7.30. The number of nitrogens with zero attached hydrogens (tertiary/aromatic N) is 1. The van der Waals surface area contributed by atoms with Crippen LogP contribution in [0, 0.1) is 0 Å². The monoisotopic (exact) mass is 482 g/mol. The van der Waals surface area contributed by atoms with E-state index in [4.69, 9.17) is 9.47 Å². The summed E-state index contributed by atoms with van der Waals surface area (Å²) in [6, 6.07) is 19.4. The van der Waals surface area contributed by atoms with Crippen molar-refractivity contribution in [3.63, 3.8) is 0 Å². The van der Waals surface area contributed by atoms with E-state index < -0.39 is 28.5 Å². The van der Waals surface area contributed by atoms with E-state index in [9.17, 15) is 18.0 Å². The number of sulfonamides is 1. The molecule has 0 bridgehead atoms. The minimum atomic E-state index is -3.90. The van der Waals surface area contributed by atoms with Crippen molar-refractivity contribution in [1.29, 1.82) is 0 Å². The van der Waals surface area contributed by atoms with Gasteiger partial charge in [0.05, 0.1) is 23.3 Å². The number of carbonyl (C=O) groups excluding carboxylic acids is 2. The van der Waals surface area contributed by atoms with Crippen LogP contribution in [0.15, 0.2) is 77.7 Å². The average molecular weight is 483 g/mol. The molecule has 0 fully saturated rings. The normalized spacial score (nSPS) is 10.9. The highest BCUT2D eigenvalue weighted by Crippen LogP contribution is 2.30.